The maximum Gasteiger partial charge on any atom is 0.416 e. The average molecular weight is 366 g/mol. The molecule has 2 aromatic rings. The van der Waals surface area contributed by atoms with Crippen molar-refractivity contribution in [3.05, 3.63) is 28.1 Å². The van der Waals surface area contributed by atoms with Crippen molar-refractivity contribution < 1.29 is 18.0 Å². The van der Waals surface area contributed by atoms with E-state index in [0.29, 0.717) is 28.7 Å². The fourth-order valence-corrected chi connectivity index (χ4v) is 3.94. The summed E-state index contributed by atoms with van der Waals surface area (Å²) in [5, 5.41) is 10.4. The fourth-order valence-electron chi connectivity index (χ4n) is 2.92. The van der Waals surface area contributed by atoms with Crippen LogP contribution in [-0.2, 0) is 17.5 Å². The molecule has 23 heavy (non-hydrogen) atoms. The van der Waals surface area contributed by atoms with Crippen molar-refractivity contribution in [1.82, 2.24) is 9.88 Å². The maximum absolute atomic E-state index is 13.1. The lowest BCUT2D eigenvalue weighted by Gasteiger charge is -2.25. The number of hydrogen-bond donors (Lipinski definition) is 2. The predicted molar refractivity (Wildman–Crippen MR) is 84.0 cm³/mol. The predicted octanol–water partition coefficient (Wildman–Crippen LogP) is 3.25. The van der Waals surface area contributed by atoms with E-state index in [2.05, 4.69) is 5.32 Å². The molecule has 9 heteroatoms. The number of hydrogen-bond acceptors (Lipinski definition) is 3. The molecule has 3 rings (SSSR count). The number of rotatable bonds is 2. The molecule has 1 aromatic heterocycles. The lowest BCUT2D eigenvalue weighted by molar-refractivity contribution is -0.137. The Bertz CT molecular complexity index is 812. The van der Waals surface area contributed by atoms with Crippen LogP contribution in [0.2, 0.25) is 0 Å². The highest BCUT2D eigenvalue weighted by Crippen LogP contribution is 2.40. The Labute approximate surface area is 140 Å². The molecule has 0 radical (unpaired) electrons. The highest BCUT2D eigenvalue weighted by Gasteiger charge is 2.34. The summed E-state index contributed by atoms with van der Waals surface area (Å²) in [6.45, 7) is 0.554. The van der Waals surface area contributed by atoms with Crippen molar-refractivity contribution in [1.29, 1.82) is 5.41 Å². The molecule has 0 saturated heterocycles. The summed E-state index contributed by atoms with van der Waals surface area (Å²) in [5.41, 5.74) is 0.477. The minimum Gasteiger partial charge on any atom is -0.359 e. The summed E-state index contributed by atoms with van der Waals surface area (Å²) in [4.78, 5) is 11.9. The van der Waals surface area contributed by atoms with Crippen LogP contribution in [0.1, 0.15) is 29.9 Å². The number of benzene rings is 1. The van der Waals surface area contributed by atoms with E-state index in [1.807, 2.05) is 0 Å². The Morgan fingerprint density at radius 2 is 2.17 bits per heavy atom. The second kappa shape index (κ2) is 6.16. The molecule has 0 spiro atoms. The van der Waals surface area contributed by atoms with Gasteiger partial charge >= 0.3 is 6.18 Å². The molecule has 1 aliphatic rings. The number of nitrogens with zero attached hydrogens (tertiary/aromatic N) is 1. The Hall–Kier alpha value is -1.54. The molecule has 126 valence electrons. The van der Waals surface area contributed by atoms with Gasteiger partial charge in [0.2, 0.25) is 5.91 Å². The van der Waals surface area contributed by atoms with Crippen LogP contribution < -0.4 is 10.1 Å². The zero-order valence-electron chi connectivity index (χ0n) is 12.2. The molecule has 1 aliphatic heterocycles. The van der Waals surface area contributed by atoms with Crippen LogP contribution >= 0.6 is 23.7 Å². The molecule has 0 bridgehead atoms. The van der Waals surface area contributed by atoms with Gasteiger partial charge in [0.1, 0.15) is 0 Å². The van der Waals surface area contributed by atoms with Gasteiger partial charge in [-0.15, -0.1) is 12.4 Å². The number of aromatic nitrogens is 1. The van der Waals surface area contributed by atoms with E-state index >= 15 is 0 Å². The van der Waals surface area contributed by atoms with E-state index < -0.39 is 11.7 Å². The Morgan fingerprint density at radius 3 is 2.78 bits per heavy atom. The van der Waals surface area contributed by atoms with Crippen molar-refractivity contribution in [2.75, 3.05) is 7.05 Å². The van der Waals surface area contributed by atoms with Gasteiger partial charge in [0, 0.05) is 20.0 Å². The molecular formula is C14H15ClF3N3OS. The van der Waals surface area contributed by atoms with E-state index in [1.165, 1.54) is 7.05 Å². The number of amides is 1. The van der Waals surface area contributed by atoms with Crippen molar-refractivity contribution in [3.63, 3.8) is 0 Å². The van der Waals surface area contributed by atoms with Crippen LogP contribution in [0.15, 0.2) is 12.1 Å². The van der Waals surface area contributed by atoms with Gasteiger partial charge in [0.15, 0.2) is 4.80 Å². The van der Waals surface area contributed by atoms with Crippen molar-refractivity contribution in [2.45, 2.75) is 31.5 Å². The molecule has 2 heterocycles. The third-order valence-electron chi connectivity index (χ3n) is 4.01. The van der Waals surface area contributed by atoms with E-state index in [1.54, 1.807) is 4.57 Å². The normalized spacial score (nSPS) is 17.0. The van der Waals surface area contributed by atoms with E-state index in [9.17, 15) is 18.0 Å². The van der Waals surface area contributed by atoms with E-state index in [-0.39, 0.29) is 35.5 Å². The summed E-state index contributed by atoms with van der Waals surface area (Å²) in [6, 6.07) is 2.23. The van der Waals surface area contributed by atoms with Gasteiger partial charge in [-0.3, -0.25) is 10.2 Å². The summed E-state index contributed by atoms with van der Waals surface area (Å²) in [6.07, 6.45) is -3.71. The van der Waals surface area contributed by atoms with Crippen LogP contribution in [0.3, 0.4) is 0 Å². The standard InChI is InChI=1S/C14H14F3N3OS.ClH/c1-19-11(21)4-7-2-3-20-12-9(7)5-8(14(15,16)17)6-10(12)22-13(20)18;/h5-7,18H,2-4H2,1H3,(H,19,21);1H. The maximum atomic E-state index is 13.1. The number of nitrogens with one attached hydrogen (secondary N) is 2. The lowest BCUT2D eigenvalue weighted by Crippen LogP contribution is -2.26. The van der Waals surface area contributed by atoms with E-state index in [4.69, 9.17) is 5.41 Å². The highest BCUT2D eigenvalue weighted by atomic mass is 35.5. The number of thiazole rings is 1. The lowest BCUT2D eigenvalue weighted by atomic mass is 9.87. The number of carbonyl (C=O) groups excluding carboxylic acids is 1. The minimum absolute atomic E-state index is 0. The first-order chi connectivity index (χ1) is 10.3. The van der Waals surface area contributed by atoms with Gasteiger partial charge in [-0.25, -0.2) is 0 Å². The monoisotopic (exact) mass is 365 g/mol. The quantitative estimate of drug-likeness (QED) is 0.843. The SMILES string of the molecule is CNC(=O)CC1CCn2c(=N)sc3cc(C(F)(F)F)cc1c32.Cl. The third kappa shape index (κ3) is 3.10. The molecule has 1 aromatic carbocycles. The number of halogens is 4. The van der Waals surface area contributed by atoms with Crippen LogP contribution in [0.4, 0.5) is 13.2 Å². The molecule has 1 amide bonds. The third-order valence-corrected chi connectivity index (χ3v) is 4.95. The number of alkyl halides is 3. The summed E-state index contributed by atoms with van der Waals surface area (Å²) in [5.74, 6) is -0.441. The second-order valence-electron chi connectivity index (χ2n) is 5.33. The van der Waals surface area contributed by atoms with Crippen LogP contribution in [0.25, 0.3) is 10.2 Å². The van der Waals surface area contributed by atoms with Gasteiger partial charge < -0.3 is 9.88 Å². The fraction of sp³-hybridized carbons (Fsp3) is 0.429. The Morgan fingerprint density at radius 1 is 1.48 bits per heavy atom. The van der Waals surface area contributed by atoms with Crippen LogP contribution in [0, 0.1) is 5.41 Å². The molecule has 1 unspecified atom stereocenters. The molecule has 0 aliphatic carbocycles. The van der Waals surface area contributed by atoms with Crippen LogP contribution in [0.5, 0.6) is 0 Å². The average Bonchev–Trinajstić information content (AvgIpc) is 2.77. The smallest absolute Gasteiger partial charge is 0.359 e. The summed E-state index contributed by atoms with van der Waals surface area (Å²) < 4.78 is 41.4. The zero-order chi connectivity index (χ0) is 16.1. The summed E-state index contributed by atoms with van der Waals surface area (Å²) >= 11 is 1.04. The van der Waals surface area contributed by atoms with Gasteiger partial charge in [0.05, 0.1) is 15.8 Å². The zero-order valence-corrected chi connectivity index (χ0v) is 13.8. The van der Waals surface area contributed by atoms with Crippen LogP contribution in [-0.4, -0.2) is 17.5 Å². The van der Waals surface area contributed by atoms with Gasteiger partial charge in [-0.2, -0.15) is 13.2 Å². The molecule has 0 saturated carbocycles. The first-order valence-electron chi connectivity index (χ1n) is 6.81. The largest absolute Gasteiger partial charge is 0.416 e. The molecule has 0 fully saturated rings. The Balaban J connectivity index is 0.00000192. The first kappa shape index (κ1) is 17.8. The number of carbonyl (C=O) groups is 1. The summed E-state index contributed by atoms with van der Waals surface area (Å²) in [7, 11) is 1.51. The molecular weight excluding hydrogens is 351 g/mol. The molecule has 1 atom stereocenters. The first-order valence-corrected chi connectivity index (χ1v) is 7.62. The van der Waals surface area contributed by atoms with Crippen molar-refractivity contribution in [3.8, 4) is 0 Å². The molecule has 2 N–H and O–H groups in total. The van der Waals surface area contributed by atoms with Gasteiger partial charge in [-0.1, -0.05) is 11.3 Å². The second-order valence-corrected chi connectivity index (χ2v) is 6.36. The molecule has 4 nitrogen and oxygen atoms in total. The van der Waals surface area contributed by atoms with Crippen molar-refractivity contribution in [2.24, 2.45) is 0 Å². The topological polar surface area (TPSA) is 57.9 Å². The van der Waals surface area contributed by atoms with Gasteiger partial charge in [0.25, 0.3) is 0 Å². The van der Waals surface area contributed by atoms with Crippen molar-refractivity contribution >= 4 is 39.9 Å². The van der Waals surface area contributed by atoms with Gasteiger partial charge in [-0.05, 0) is 30.0 Å². The highest BCUT2D eigenvalue weighted by molar-refractivity contribution is 7.16. The minimum atomic E-state index is -4.43. The Kier molecular flexibility index (Phi) is 4.77. The van der Waals surface area contributed by atoms with E-state index in [0.717, 1.165) is 23.5 Å². The number of aryl methyl sites for hydroxylation is 1.